The third-order valence-electron chi connectivity index (χ3n) is 3.41. The van der Waals surface area contributed by atoms with E-state index in [-0.39, 0.29) is 18.2 Å². The molecule has 0 aromatic heterocycles. The molecule has 126 valence electrons. The molecule has 0 unspecified atom stereocenters. The number of hydrogen-bond donors (Lipinski definition) is 1. The molecule has 0 saturated carbocycles. The fraction of sp³-hybridized carbons (Fsp3) is 0.0556. The van der Waals surface area contributed by atoms with Crippen molar-refractivity contribution >= 4 is 62.1 Å². The highest BCUT2D eigenvalue weighted by Crippen LogP contribution is 2.31. The van der Waals surface area contributed by atoms with E-state index in [1.807, 2.05) is 54.6 Å². The van der Waals surface area contributed by atoms with Crippen LogP contribution in [-0.2, 0) is 16.0 Å². The van der Waals surface area contributed by atoms with Crippen LogP contribution in [0.1, 0.15) is 11.1 Å². The van der Waals surface area contributed by atoms with E-state index in [0.29, 0.717) is 9.23 Å². The van der Waals surface area contributed by atoms with Crippen molar-refractivity contribution in [3.05, 3.63) is 75.1 Å². The molecule has 3 rings (SSSR count). The minimum Gasteiger partial charge on any atom is -0.273 e. The van der Waals surface area contributed by atoms with Gasteiger partial charge in [0.15, 0.2) is 4.32 Å². The third-order valence-corrected chi connectivity index (χ3v) is 5.24. The van der Waals surface area contributed by atoms with Crippen LogP contribution in [0.4, 0.5) is 0 Å². The van der Waals surface area contributed by atoms with Gasteiger partial charge < -0.3 is 0 Å². The Balaban J connectivity index is 1.67. The predicted molar refractivity (Wildman–Crippen MR) is 107 cm³/mol. The van der Waals surface area contributed by atoms with Crippen LogP contribution in [-0.4, -0.2) is 21.1 Å². The molecule has 1 heterocycles. The number of nitrogens with one attached hydrogen (secondary N) is 1. The molecule has 7 heteroatoms. The molecule has 0 spiro atoms. The number of hydrogen-bond acceptors (Lipinski definition) is 4. The van der Waals surface area contributed by atoms with E-state index in [4.69, 9.17) is 12.2 Å². The first-order valence-corrected chi connectivity index (χ1v) is 9.41. The molecule has 4 nitrogen and oxygen atoms in total. The van der Waals surface area contributed by atoms with Crippen molar-refractivity contribution in [1.29, 1.82) is 0 Å². The molecule has 0 atom stereocenters. The molecule has 2 amide bonds. The van der Waals surface area contributed by atoms with Gasteiger partial charge in [0.25, 0.3) is 5.91 Å². The molecule has 0 bridgehead atoms. The van der Waals surface area contributed by atoms with Crippen LogP contribution < -0.4 is 5.43 Å². The monoisotopic (exact) mass is 432 g/mol. The second-order valence-electron chi connectivity index (χ2n) is 5.27. The number of thioether (sulfide) groups is 1. The zero-order valence-corrected chi connectivity index (χ0v) is 16.2. The van der Waals surface area contributed by atoms with Gasteiger partial charge in [0, 0.05) is 4.47 Å². The van der Waals surface area contributed by atoms with E-state index in [1.165, 1.54) is 11.8 Å². The van der Waals surface area contributed by atoms with E-state index in [1.54, 1.807) is 6.08 Å². The van der Waals surface area contributed by atoms with Crippen molar-refractivity contribution in [1.82, 2.24) is 10.4 Å². The van der Waals surface area contributed by atoms with Crippen molar-refractivity contribution in [2.45, 2.75) is 6.42 Å². The van der Waals surface area contributed by atoms with Gasteiger partial charge in [-0.15, -0.1) is 0 Å². The van der Waals surface area contributed by atoms with Crippen LogP contribution in [0.5, 0.6) is 0 Å². The lowest BCUT2D eigenvalue weighted by atomic mass is 10.1. The first kappa shape index (κ1) is 17.8. The van der Waals surface area contributed by atoms with Crippen LogP contribution in [0.2, 0.25) is 0 Å². The van der Waals surface area contributed by atoms with Gasteiger partial charge in [-0.2, -0.15) is 5.01 Å². The molecule has 1 N–H and O–H groups in total. The van der Waals surface area contributed by atoms with Gasteiger partial charge in [0.1, 0.15) is 0 Å². The predicted octanol–water partition coefficient (Wildman–Crippen LogP) is 3.92. The Morgan fingerprint density at radius 3 is 2.52 bits per heavy atom. The number of halogens is 1. The first-order valence-electron chi connectivity index (χ1n) is 7.40. The van der Waals surface area contributed by atoms with E-state index in [0.717, 1.165) is 20.6 Å². The van der Waals surface area contributed by atoms with Gasteiger partial charge in [-0.3, -0.25) is 15.0 Å². The molecule has 2 aromatic carbocycles. The molecule has 0 radical (unpaired) electrons. The van der Waals surface area contributed by atoms with Crippen LogP contribution in [0, 0.1) is 0 Å². The Labute approximate surface area is 163 Å². The summed E-state index contributed by atoms with van der Waals surface area (Å²) in [5.41, 5.74) is 4.35. The Kier molecular flexibility index (Phi) is 5.67. The summed E-state index contributed by atoms with van der Waals surface area (Å²) < 4.78 is 1.26. The summed E-state index contributed by atoms with van der Waals surface area (Å²) in [5, 5.41) is 1.13. The Morgan fingerprint density at radius 1 is 1.16 bits per heavy atom. The first-order chi connectivity index (χ1) is 12.0. The Hall–Kier alpha value is -1.96. The molecular weight excluding hydrogens is 420 g/mol. The smallest absolute Gasteiger partial charge is 0.273 e. The highest BCUT2D eigenvalue weighted by atomic mass is 79.9. The van der Waals surface area contributed by atoms with E-state index < -0.39 is 0 Å². The number of benzene rings is 2. The van der Waals surface area contributed by atoms with E-state index >= 15 is 0 Å². The maximum atomic E-state index is 12.5. The molecular formula is C18H13BrN2O2S2. The molecule has 25 heavy (non-hydrogen) atoms. The lowest BCUT2D eigenvalue weighted by molar-refractivity contribution is -0.132. The Morgan fingerprint density at radius 2 is 1.84 bits per heavy atom. The van der Waals surface area contributed by atoms with Gasteiger partial charge in [-0.25, -0.2) is 0 Å². The van der Waals surface area contributed by atoms with Crippen molar-refractivity contribution in [3.8, 4) is 0 Å². The third kappa shape index (κ3) is 4.56. The molecule has 1 aliphatic heterocycles. The van der Waals surface area contributed by atoms with Crippen molar-refractivity contribution in [2.75, 3.05) is 0 Å². The maximum Gasteiger partial charge on any atom is 0.285 e. The summed E-state index contributed by atoms with van der Waals surface area (Å²) in [6.07, 6.45) is 1.93. The van der Waals surface area contributed by atoms with Crippen molar-refractivity contribution < 1.29 is 9.59 Å². The molecule has 2 aromatic rings. The zero-order valence-electron chi connectivity index (χ0n) is 12.9. The summed E-state index contributed by atoms with van der Waals surface area (Å²) in [5.74, 6) is -0.609. The maximum absolute atomic E-state index is 12.5. The topological polar surface area (TPSA) is 49.4 Å². The molecule has 1 fully saturated rings. The van der Waals surface area contributed by atoms with E-state index in [2.05, 4.69) is 21.4 Å². The number of nitrogens with zero attached hydrogens (tertiary/aromatic N) is 1. The fourth-order valence-corrected chi connectivity index (χ4v) is 3.66. The second-order valence-corrected chi connectivity index (χ2v) is 7.86. The van der Waals surface area contributed by atoms with Crippen LogP contribution in [0.15, 0.2) is 64.0 Å². The SMILES string of the molecule is O=C(Cc1ccc(Br)cc1)NN1C(=O)/C(=C\c2ccccc2)SC1=S. The minimum absolute atomic E-state index is 0.169. The lowest BCUT2D eigenvalue weighted by Gasteiger charge is -2.15. The summed E-state index contributed by atoms with van der Waals surface area (Å²) in [7, 11) is 0. The van der Waals surface area contributed by atoms with Gasteiger partial charge in [0.05, 0.1) is 11.3 Å². The quantitative estimate of drug-likeness (QED) is 0.587. The van der Waals surface area contributed by atoms with Gasteiger partial charge in [-0.05, 0) is 41.6 Å². The standard InChI is InChI=1S/C18H13BrN2O2S2/c19-14-8-6-13(7-9-14)11-16(22)20-21-17(23)15(25-18(21)24)10-12-4-2-1-3-5-12/h1-10H,11H2,(H,20,22)/b15-10+. The highest BCUT2D eigenvalue weighted by Gasteiger charge is 2.33. The number of carbonyl (C=O) groups is 2. The second kappa shape index (κ2) is 7.95. The molecule has 0 aliphatic carbocycles. The lowest BCUT2D eigenvalue weighted by Crippen LogP contribution is -2.45. The Bertz CT molecular complexity index is 851. The van der Waals surface area contributed by atoms with Crippen LogP contribution in [0.3, 0.4) is 0 Å². The summed E-state index contributed by atoms with van der Waals surface area (Å²) in [6, 6.07) is 16.9. The van der Waals surface area contributed by atoms with Gasteiger partial charge >= 0.3 is 0 Å². The number of carbonyl (C=O) groups excluding carboxylic acids is 2. The average molecular weight is 433 g/mol. The summed E-state index contributed by atoms with van der Waals surface area (Å²) in [4.78, 5) is 25.2. The van der Waals surface area contributed by atoms with Crippen molar-refractivity contribution in [3.63, 3.8) is 0 Å². The normalized spacial score (nSPS) is 15.7. The summed E-state index contributed by atoms with van der Waals surface area (Å²) >= 11 is 9.74. The minimum atomic E-state index is -0.317. The van der Waals surface area contributed by atoms with Crippen LogP contribution >= 0.6 is 39.9 Å². The van der Waals surface area contributed by atoms with Crippen molar-refractivity contribution in [2.24, 2.45) is 0 Å². The largest absolute Gasteiger partial charge is 0.285 e. The van der Waals surface area contributed by atoms with Gasteiger partial charge in [-0.1, -0.05) is 70.2 Å². The number of amides is 2. The molecule has 1 saturated heterocycles. The van der Waals surface area contributed by atoms with Crippen LogP contribution in [0.25, 0.3) is 6.08 Å². The highest BCUT2D eigenvalue weighted by molar-refractivity contribution is 9.10. The zero-order chi connectivity index (χ0) is 17.8. The fourth-order valence-electron chi connectivity index (χ4n) is 2.22. The number of rotatable bonds is 4. The van der Waals surface area contributed by atoms with E-state index in [9.17, 15) is 9.59 Å². The average Bonchev–Trinajstić information content (AvgIpc) is 2.85. The summed E-state index contributed by atoms with van der Waals surface area (Å²) in [6.45, 7) is 0. The van der Waals surface area contributed by atoms with Gasteiger partial charge in [0.2, 0.25) is 5.91 Å². The molecule has 1 aliphatic rings. The number of thiocarbonyl (C=S) groups is 1. The number of hydrazine groups is 1.